The van der Waals surface area contributed by atoms with Gasteiger partial charge in [0.05, 0.1) is 10.2 Å². The summed E-state index contributed by atoms with van der Waals surface area (Å²) in [5.41, 5.74) is 5.87. The van der Waals surface area contributed by atoms with Gasteiger partial charge in [0.15, 0.2) is 5.13 Å². The van der Waals surface area contributed by atoms with Gasteiger partial charge in [-0.05, 0) is 61.7 Å². The second-order valence-corrected chi connectivity index (χ2v) is 6.98. The molecule has 1 aromatic heterocycles. The van der Waals surface area contributed by atoms with Crippen molar-refractivity contribution in [2.45, 2.75) is 20.8 Å². The summed E-state index contributed by atoms with van der Waals surface area (Å²) >= 11 is 5.22. The molecule has 20 heavy (non-hydrogen) atoms. The van der Waals surface area contributed by atoms with Crippen LogP contribution in [0.1, 0.15) is 16.7 Å². The highest BCUT2D eigenvalue weighted by atomic mass is 79.9. The molecule has 102 valence electrons. The molecule has 0 aliphatic carbocycles. The van der Waals surface area contributed by atoms with Crippen LogP contribution in [0.5, 0.6) is 0 Å². The summed E-state index contributed by atoms with van der Waals surface area (Å²) < 4.78 is 2.32. The predicted octanol–water partition coefficient (Wildman–Crippen LogP) is 5.73. The summed E-state index contributed by atoms with van der Waals surface area (Å²) in [6, 6.07) is 10.6. The van der Waals surface area contributed by atoms with Gasteiger partial charge in [-0.25, -0.2) is 4.98 Å². The van der Waals surface area contributed by atoms with E-state index in [4.69, 9.17) is 0 Å². The monoisotopic (exact) mass is 346 g/mol. The number of benzene rings is 2. The van der Waals surface area contributed by atoms with E-state index < -0.39 is 0 Å². The Kier molecular flexibility index (Phi) is 3.52. The lowest BCUT2D eigenvalue weighted by molar-refractivity contribution is 1.33. The van der Waals surface area contributed by atoms with Crippen LogP contribution in [-0.4, -0.2) is 4.98 Å². The molecule has 4 heteroatoms. The van der Waals surface area contributed by atoms with E-state index in [1.54, 1.807) is 11.3 Å². The fourth-order valence-corrected chi connectivity index (χ4v) is 3.84. The molecule has 0 fully saturated rings. The molecular weight excluding hydrogens is 332 g/mol. The van der Waals surface area contributed by atoms with Gasteiger partial charge in [-0.15, -0.1) is 0 Å². The molecule has 1 N–H and O–H groups in total. The Labute approximate surface area is 131 Å². The zero-order chi connectivity index (χ0) is 14.3. The smallest absolute Gasteiger partial charge is 0.188 e. The van der Waals surface area contributed by atoms with E-state index in [0.29, 0.717) is 0 Å². The highest BCUT2D eigenvalue weighted by molar-refractivity contribution is 9.10. The lowest BCUT2D eigenvalue weighted by Crippen LogP contribution is -1.95. The van der Waals surface area contributed by atoms with Crippen molar-refractivity contribution in [3.8, 4) is 0 Å². The molecule has 0 atom stereocenters. The van der Waals surface area contributed by atoms with E-state index in [2.05, 4.69) is 77.3 Å². The number of hydrogen-bond acceptors (Lipinski definition) is 3. The topological polar surface area (TPSA) is 24.9 Å². The van der Waals surface area contributed by atoms with Gasteiger partial charge >= 0.3 is 0 Å². The van der Waals surface area contributed by atoms with Gasteiger partial charge in [-0.1, -0.05) is 33.3 Å². The Morgan fingerprint density at radius 2 is 1.75 bits per heavy atom. The number of nitrogens with zero attached hydrogens (tertiary/aromatic N) is 1. The highest BCUT2D eigenvalue weighted by Gasteiger charge is 2.08. The zero-order valence-electron chi connectivity index (χ0n) is 11.6. The number of halogens is 1. The van der Waals surface area contributed by atoms with E-state index in [9.17, 15) is 0 Å². The molecule has 2 nitrogen and oxygen atoms in total. The lowest BCUT2D eigenvalue weighted by atomic mass is 10.1. The summed E-state index contributed by atoms with van der Waals surface area (Å²) in [6.45, 7) is 6.31. The summed E-state index contributed by atoms with van der Waals surface area (Å²) in [5.74, 6) is 0. The first-order valence-corrected chi connectivity index (χ1v) is 8.05. The van der Waals surface area contributed by atoms with Gasteiger partial charge in [0.1, 0.15) is 0 Å². The third kappa shape index (κ3) is 2.58. The number of rotatable bonds is 2. The molecule has 1 heterocycles. The van der Waals surface area contributed by atoms with Crippen LogP contribution in [-0.2, 0) is 0 Å². The van der Waals surface area contributed by atoms with Gasteiger partial charge in [-0.3, -0.25) is 0 Å². The van der Waals surface area contributed by atoms with Crippen molar-refractivity contribution >= 4 is 48.3 Å². The Morgan fingerprint density at radius 3 is 2.45 bits per heavy atom. The fraction of sp³-hybridized carbons (Fsp3) is 0.188. The summed E-state index contributed by atoms with van der Waals surface area (Å²) in [6.07, 6.45) is 0. The number of nitrogens with one attached hydrogen (secondary N) is 1. The normalized spacial score (nSPS) is 11.0. The fourth-order valence-electron chi connectivity index (χ4n) is 2.31. The minimum absolute atomic E-state index is 0.944. The number of anilines is 2. The first kappa shape index (κ1) is 13.6. The Hall–Kier alpha value is -1.39. The first-order valence-electron chi connectivity index (χ1n) is 6.44. The largest absolute Gasteiger partial charge is 0.331 e. The Balaban J connectivity index is 2.01. The van der Waals surface area contributed by atoms with Crippen molar-refractivity contribution in [2.24, 2.45) is 0 Å². The van der Waals surface area contributed by atoms with Gasteiger partial charge in [-0.2, -0.15) is 0 Å². The average Bonchev–Trinajstić information content (AvgIpc) is 2.75. The van der Waals surface area contributed by atoms with Crippen molar-refractivity contribution < 1.29 is 0 Å². The molecular formula is C16H15BrN2S. The van der Waals surface area contributed by atoms with Crippen LogP contribution in [0, 0.1) is 20.8 Å². The summed E-state index contributed by atoms with van der Waals surface area (Å²) in [4.78, 5) is 4.67. The van der Waals surface area contributed by atoms with Gasteiger partial charge in [0.25, 0.3) is 0 Å². The van der Waals surface area contributed by atoms with Crippen LogP contribution >= 0.6 is 27.3 Å². The second-order valence-electron chi connectivity index (χ2n) is 5.03. The Bertz CT molecular complexity index is 769. The number of aromatic nitrogens is 1. The van der Waals surface area contributed by atoms with Crippen LogP contribution in [0.25, 0.3) is 10.2 Å². The van der Waals surface area contributed by atoms with E-state index in [-0.39, 0.29) is 0 Å². The van der Waals surface area contributed by atoms with Crippen molar-refractivity contribution in [3.05, 3.63) is 51.5 Å². The highest BCUT2D eigenvalue weighted by Crippen LogP contribution is 2.32. The minimum Gasteiger partial charge on any atom is -0.331 e. The maximum absolute atomic E-state index is 4.67. The van der Waals surface area contributed by atoms with Crippen LogP contribution in [0.3, 0.4) is 0 Å². The van der Waals surface area contributed by atoms with Crippen molar-refractivity contribution in [1.29, 1.82) is 0 Å². The molecule has 0 saturated carbocycles. The minimum atomic E-state index is 0.944. The van der Waals surface area contributed by atoms with Crippen LogP contribution in [0.4, 0.5) is 10.8 Å². The number of hydrogen-bond donors (Lipinski definition) is 1. The third-order valence-electron chi connectivity index (χ3n) is 3.27. The van der Waals surface area contributed by atoms with Gasteiger partial charge in [0, 0.05) is 10.2 Å². The molecule has 3 aromatic rings. The maximum atomic E-state index is 4.67. The molecule has 0 saturated heterocycles. The summed E-state index contributed by atoms with van der Waals surface area (Å²) in [5, 5.41) is 4.41. The van der Waals surface area contributed by atoms with Gasteiger partial charge in [0.2, 0.25) is 0 Å². The molecule has 0 unspecified atom stereocenters. The molecule has 0 radical (unpaired) electrons. The average molecular weight is 347 g/mol. The lowest BCUT2D eigenvalue weighted by Gasteiger charge is -2.11. The van der Waals surface area contributed by atoms with Gasteiger partial charge < -0.3 is 5.32 Å². The second kappa shape index (κ2) is 5.19. The van der Waals surface area contributed by atoms with E-state index >= 15 is 0 Å². The van der Waals surface area contributed by atoms with Crippen LogP contribution in [0.15, 0.2) is 34.8 Å². The number of thiazole rings is 1. The SMILES string of the molecule is Cc1ccc2sc(Nc3c(C)cc(Br)cc3C)nc2c1. The van der Waals surface area contributed by atoms with Crippen LogP contribution < -0.4 is 5.32 Å². The van der Waals surface area contributed by atoms with E-state index in [1.807, 2.05) is 0 Å². The Morgan fingerprint density at radius 1 is 1.05 bits per heavy atom. The molecule has 0 bridgehead atoms. The molecule has 0 aliphatic heterocycles. The number of fused-ring (bicyclic) bond motifs is 1. The summed E-state index contributed by atoms with van der Waals surface area (Å²) in [7, 11) is 0. The van der Waals surface area contributed by atoms with E-state index in [1.165, 1.54) is 21.4 Å². The molecule has 0 aliphatic rings. The molecule has 2 aromatic carbocycles. The zero-order valence-corrected chi connectivity index (χ0v) is 14.0. The van der Waals surface area contributed by atoms with Crippen LogP contribution in [0.2, 0.25) is 0 Å². The third-order valence-corrected chi connectivity index (χ3v) is 4.68. The molecule has 0 spiro atoms. The predicted molar refractivity (Wildman–Crippen MR) is 91.3 cm³/mol. The van der Waals surface area contributed by atoms with Crippen molar-refractivity contribution in [2.75, 3.05) is 5.32 Å². The maximum Gasteiger partial charge on any atom is 0.188 e. The quantitative estimate of drug-likeness (QED) is 0.641. The molecule has 0 amide bonds. The van der Waals surface area contributed by atoms with Crippen molar-refractivity contribution in [1.82, 2.24) is 4.98 Å². The standard InChI is InChI=1S/C16H15BrN2S/c1-9-4-5-14-13(6-9)18-16(20-14)19-15-10(2)7-12(17)8-11(15)3/h4-8H,1-3H3,(H,18,19). The van der Waals surface area contributed by atoms with Crippen molar-refractivity contribution in [3.63, 3.8) is 0 Å². The van der Waals surface area contributed by atoms with E-state index in [0.717, 1.165) is 20.8 Å². The number of aryl methyl sites for hydroxylation is 3. The first-order chi connectivity index (χ1) is 9.52. The molecule has 3 rings (SSSR count).